The van der Waals surface area contributed by atoms with E-state index in [1.54, 1.807) is 12.1 Å². The third-order valence-electron chi connectivity index (χ3n) is 5.38. The van der Waals surface area contributed by atoms with E-state index < -0.39 is 36.4 Å². The van der Waals surface area contributed by atoms with Crippen molar-refractivity contribution in [2.45, 2.75) is 19.4 Å². The molecule has 2 heterocycles. The van der Waals surface area contributed by atoms with E-state index in [0.717, 1.165) is 49.3 Å². The zero-order chi connectivity index (χ0) is 24.9. The van der Waals surface area contributed by atoms with E-state index in [4.69, 9.17) is 16.3 Å². The molecule has 1 atom stereocenters. The molecule has 0 saturated carbocycles. The van der Waals surface area contributed by atoms with E-state index in [-0.39, 0.29) is 28.9 Å². The van der Waals surface area contributed by atoms with Crippen molar-refractivity contribution in [1.29, 1.82) is 0 Å². The molecule has 2 N–H and O–H groups in total. The molecule has 0 aliphatic carbocycles. The van der Waals surface area contributed by atoms with Gasteiger partial charge in [-0.3, -0.25) is 5.32 Å². The number of aliphatic imine (C=N–C) groups is 1. The summed E-state index contributed by atoms with van der Waals surface area (Å²) in [5.41, 5.74) is 2.79. The minimum Gasteiger partial charge on any atom is -0.407 e. The van der Waals surface area contributed by atoms with Crippen molar-refractivity contribution in [1.82, 2.24) is 10.2 Å². The van der Waals surface area contributed by atoms with Gasteiger partial charge in [0.1, 0.15) is 11.6 Å². The van der Waals surface area contributed by atoms with Crippen molar-refractivity contribution in [2.75, 3.05) is 25.0 Å². The van der Waals surface area contributed by atoms with Gasteiger partial charge in [0.2, 0.25) is 9.26 Å². The summed E-state index contributed by atoms with van der Waals surface area (Å²) in [6.07, 6.45) is 0.960. The standard InChI is InChI=1S/C22H21ClF2N4O4S2/c23-16-9-20(33-22(30)28-21-12-34(13-27-21)35(31)32)18(25)10-19(16)26-11-15-8-14(2-3-17(15)24)4-7-29-5-1-6-29/h2-3,8-10,12-13,26H,1,4-7,11H2,(H,28,30). The number of hydrogen-bond acceptors (Lipinski definition) is 7. The van der Waals surface area contributed by atoms with Crippen LogP contribution in [0.5, 0.6) is 5.75 Å². The van der Waals surface area contributed by atoms with E-state index in [9.17, 15) is 22.0 Å². The molecule has 1 fully saturated rings. The number of amides is 1. The molecule has 2 aliphatic heterocycles. The molecule has 186 valence electrons. The molecule has 2 aromatic rings. The molecule has 1 saturated heterocycles. The van der Waals surface area contributed by atoms with E-state index >= 15 is 0 Å². The lowest BCUT2D eigenvalue weighted by molar-refractivity contribution is 0.184. The van der Waals surface area contributed by atoms with Gasteiger partial charge in [-0.15, -0.1) is 0 Å². The van der Waals surface area contributed by atoms with Gasteiger partial charge in [-0.1, -0.05) is 23.7 Å². The summed E-state index contributed by atoms with van der Waals surface area (Å²) in [6, 6.07) is 7.11. The summed E-state index contributed by atoms with van der Waals surface area (Å²) in [4.78, 5) is 18.1. The second kappa shape index (κ2) is 11.3. The Morgan fingerprint density at radius 2 is 2.00 bits per heavy atom. The van der Waals surface area contributed by atoms with Gasteiger partial charge >= 0.3 is 6.09 Å². The Hall–Kier alpha value is -2.80. The van der Waals surface area contributed by atoms with Crippen molar-refractivity contribution in [3.05, 3.63) is 69.3 Å². The molecule has 13 heteroatoms. The number of halogens is 3. The normalized spacial score (nSPS) is 17.0. The Bertz CT molecular complexity index is 1350. The molecule has 2 aromatic carbocycles. The molecular formula is C22H21ClF2N4O4S2. The monoisotopic (exact) mass is 542 g/mol. The lowest BCUT2D eigenvalue weighted by Crippen LogP contribution is -2.38. The highest BCUT2D eigenvalue weighted by atomic mass is 35.5. The van der Waals surface area contributed by atoms with Crippen LogP contribution in [-0.2, 0) is 31.7 Å². The highest BCUT2D eigenvalue weighted by Gasteiger charge is 2.17. The Morgan fingerprint density at radius 1 is 1.20 bits per heavy atom. The zero-order valence-corrected chi connectivity index (χ0v) is 20.7. The summed E-state index contributed by atoms with van der Waals surface area (Å²) < 4.78 is 55.6. The average Bonchev–Trinajstić information content (AvgIpc) is 3.24. The molecule has 0 radical (unpaired) electrons. The van der Waals surface area contributed by atoms with Gasteiger partial charge in [0.15, 0.2) is 11.6 Å². The van der Waals surface area contributed by atoms with Gasteiger partial charge in [0.25, 0.3) is 0 Å². The van der Waals surface area contributed by atoms with Crippen molar-refractivity contribution in [3.63, 3.8) is 0 Å². The number of ether oxygens (including phenoxy) is 1. The summed E-state index contributed by atoms with van der Waals surface area (Å²) >= 11 is 6.21. The van der Waals surface area contributed by atoms with Crippen LogP contribution in [0, 0.1) is 11.6 Å². The van der Waals surface area contributed by atoms with Crippen LogP contribution in [0.15, 0.2) is 46.6 Å². The minimum atomic E-state index is -2.39. The molecule has 35 heavy (non-hydrogen) atoms. The van der Waals surface area contributed by atoms with Crippen LogP contribution in [0.2, 0.25) is 5.02 Å². The third-order valence-corrected chi connectivity index (χ3v) is 8.27. The summed E-state index contributed by atoms with van der Waals surface area (Å²) in [7, 11) is -3.64. The molecule has 8 nitrogen and oxygen atoms in total. The molecule has 1 unspecified atom stereocenters. The predicted octanol–water partition coefficient (Wildman–Crippen LogP) is 3.82. The minimum absolute atomic E-state index is 0.0264. The van der Waals surface area contributed by atoms with E-state index in [2.05, 4.69) is 20.5 Å². The second-order valence-corrected chi connectivity index (χ2v) is 11.7. The molecule has 0 bridgehead atoms. The van der Waals surface area contributed by atoms with Crippen LogP contribution < -0.4 is 15.4 Å². The number of carbonyl (C=O) groups excluding carboxylic acids is 1. The van der Waals surface area contributed by atoms with Crippen LogP contribution in [0.4, 0.5) is 19.3 Å². The Kier molecular flexibility index (Phi) is 8.16. The molecule has 4 rings (SSSR count). The van der Waals surface area contributed by atoms with Crippen LogP contribution in [0.25, 0.3) is 0 Å². The first-order chi connectivity index (χ1) is 16.8. The van der Waals surface area contributed by atoms with E-state index in [1.807, 2.05) is 0 Å². The lowest BCUT2D eigenvalue weighted by atomic mass is 10.1. The predicted molar refractivity (Wildman–Crippen MR) is 132 cm³/mol. The van der Waals surface area contributed by atoms with E-state index in [1.165, 1.54) is 17.9 Å². The fourth-order valence-electron chi connectivity index (χ4n) is 3.39. The van der Waals surface area contributed by atoms with Crippen LogP contribution in [0.3, 0.4) is 0 Å². The van der Waals surface area contributed by atoms with E-state index in [0.29, 0.717) is 5.56 Å². The highest BCUT2D eigenvalue weighted by molar-refractivity contribution is 8.42. The number of rotatable bonds is 8. The molecule has 0 aromatic heterocycles. The quantitative estimate of drug-likeness (QED) is 0.526. The highest BCUT2D eigenvalue weighted by Crippen LogP contribution is 2.31. The van der Waals surface area contributed by atoms with Crippen molar-refractivity contribution in [3.8, 4) is 5.75 Å². The summed E-state index contributed by atoms with van der Waals surface area (Å²) in [5, 5.41) is 6.42. The van der Waals surface area contributed by atoms with Gasteiger partial charge in [-0.2, -0.15) is 8.42 Å². The number of carbonyl (C=O) groups is 1. The summed E-state index contributed by atoms with van der Waals surface area (Å²) in [5.74, 6) is -1.72. The lowest BCUT2D eigenvalue weighted by Gasteiger charge is -2.30. The fourth-order valence-corrected chi connectivity index (χ4v) is 5.23. The molecule has 0 spiro atoms. The first-order valence-electron chi connectivity index (χ1n) is 10.6. The van der Waals surface area contributed by atoms with Crippen LogP contribution in [-0.4, -0.2) is 44.6 Å². The second-order valence-electron chi connectivity index (χ2n) is 7.77. The van der Waals surface area contributed by atoms with Crippen molar-refractivity contribution in [2.24, 2.45) is 4.99 Å². The first-order valence-corrected chi connectivity index (χ1v) is 13.9. The van der Waals surface area contributed by atoms with Crippen molar-refractivity contribution < 1.29 is 26.7 Å². The largest absolute Gasteiger partial charge is 0.418 e. The number of hydrogen-bond donors (Lipinski definition) is 2. The van der Waals surface area contributed by atoms with Gasteiger partial charge in [-0.25, -0.2) is 18.6 Å². The first kappa shape index (κ1) is 25.3. The SMILES string of the molecule is O=C(NC1=CS(=S(=O)=O)C=N1)Oc1cc(Cl)c(NCc2cc(CCN3CCC3)ccc2F)cc1F. The van der Waals surface area contributed by atoms with Crippen LogP contribution >= 0.6 is 11.6 Å². The summed E-state index contributed by atoms with van der Waals surface area (Å²) in [6.45, 7) is 3.19. The Labute approximate surface area is 208 Å². The number of likely N-dealkylation sites (tertiary alicyclic amines) is 1. The van der Waals surface area contributed by atoms with Gasteiger partial charge in [0.05, 0.1) is 16.3 Å². The maximum atomic E-state index is 14.5. The maximum Gasteiger partial charge on any atom is 0.418 e. The van der Waals surface area contributed by atoms with Crippen molar-refractivity contribution >= 4 is 47.6 Å². The smallest absolute Gasteiger partial charge is 0.407 e. The fraction of sp³-hybridized carbons (Fsp3) is 0.273. The number of benzene rings is 2. The number of anilines is 1. The molecule has 1 amide bonds. The van der Waals surface area contributed by atoms with Crippen LogP contribution in [0.1, 0.15) is 17.5 Å². The Morgan fingerprint density at radius 3 is 2.69 bits per heavy atom. The maximum absolute atomic E-state index is 14.5. The zero-order valence-electron chi connectivity index (χ0n) is 18.3. The van der Waals surface area contributed by atoms with Gasteiger partial charge in [0, 0.05) is 45.6 Å². The van der Waals surface area contributed by atoms with Gasteiger partial charge in [-0.05, 0) is 37.6 Å². The topological polar surface area (TPSA) is 100 Å². The number of nitrogens with zero attached hydrogens (tertiary/aromatic N) is 2. The Balaban J connectivity index is 1.37. The molecule has 2 aliphatic rings. The number of nitrogens with one attached hydrogen (secondary N) is 2. The third kappa shape index (κ3) is 6.66. The molecular weight excluding hydrogens is 522 g/mol. The van der Waals surface area contributed by atoms with Gasteiger partial charge < -0.3 is 15.0 Å². The average molecular weight is 543 g/mol.